The van der Waals surface area contributed by atoms with Gasteiger partial charge < -0.3 is 10.1 Å². The summed E-state index contributed by atoms with van der Waals surface area (Å²) in [6, 6.07) is -1.62. The zero-order valence-electron chi connectivity index (χ0n) is 17.3. The molecule has 2 saturated carbocycles. The number of hydrogen-bond donors (Lipinski definition) is 2. The van der Waals surface area contributed by atoms with Crippen LogP contribution in [-0.2, 0) is 0 Å². The van der Waals surface area contributed by atoms with Crippen molar-refractivity contribution in [1.29, 1.82) is 0 Å². The van der Waals surface area contributed by atoms with Crippen LogP contribution in [0.15, 0.2) is 15.4 Å². The molecular weight excluding hydrogens is 437 g/mol. The van der Waals surface area contributed by atoms with Gasteiger partial charge in [0, 0.05) is 43.1 Å². The lowest BCUT2D eigenvalue weighted by molar-refractivity contribution is -0.161. The molecule has 0 bridgehead atoms. The first-order chi connectivity index (χ1) is 15.0. The molecule has 1 aromatic heterocycles. The molecule has 0 radical (unpaired) electrons. The van der Waals surface area contributed by atoms with E-state index in [1.807, 2.05) is 0 Å². The third kappa shape index (κ3) is 3.11. The number of nitrogens with one attached hydrogen (secondary N) is 1. The molecule has 11 heteroatoms. The van der Waals surface area contributed by atoms with Gasteiger partial charge in [-0.1, -0.05) is 6.92 Å². The molecule has 6 nitrogen and oxygen atoms in total. The number of allylic oxidation sites excluding steroid dienone is 1. The average Bonchev–Trinajstić information content (AvgIpc) is 3.44. The summed E-state index contributed by atoms with van der Waals surface area (Å²) in [7, 11) is 0. The Morgan fingerprint density at radius 1 is 1.16 bits per heavy atom. The van der Waals surface area contributed by atoms with Crippen molar-refractivity contribution in [3.8, 4) is 0 Å². The summed E-state index contributed by atoms with van der Waals surface area (Å²) < 4.78 is 72.5. The summed E-state index contributed by atoms with van der Waals surface area (Å²) in [5.74, 6) is -6.41. The van der Waals surface area contributed by atoms with Crippen LogP contribution in [0.2, 0.25) is 0 Å². The minimum absolute atomic E-state index is 0.0562. The lowest BCUT2D eigenvalue weighted by Gasteiger charge is -2.37. The second-order valence-electron chi connectivity index (χ2n) is 9.54. The van der Waals surface area contributed by atoms with Crippen molar-refractivity contribution in [1.82, 2.24) is 14.5 Å². The van der Waals surface area contributed by atoms with Crippen molar-refractivity contribution in [3.63, 3.8) is 0 Å². The Bertz CT molecular complexity index is 1090. The molecule has 0 amide bonds. The van der Waals surface area contributed by atoms with Crippen LogP contribution in [0.3, 0.4) is 0 Å². The normalized spacial score (nSPS) is 34.7. The van der Waals surface area contributed by atoms with E-state index in [0.29, 0.717) is 12.8 Å². The maximum Gasteiger partial charge on any atom is 0.328 e. The molecule has 2 heterocycles. The van der Waals surface area contributed by atoms with Crippen molar-refractivity contribution in [2.45, 2.75) is 69.1 Å². The lowest BCUT2D eigenvalue weighted by Crippen LogP contribution is -2.48. The number of aromatic amines is 1. The average molecular weight is 461 g/mol. The third-order valence-electron chi connectivity index (χ3n) is 7.61. The molecule has 1 aromatic rings. The summed E-state index contributed by atoms with van der Waals surface area (Å²) in [5.41, 5.74) is -3.25. The molecule has 4 aliphatic rings. The minimum Gasteiger partial charge on any atom is -0.387 e. The second kappa shape index (κ2) is 7.24. The number of likely N-dealkylation sites (tertiary alicyclic amines) is 1. The number of aromatic nitrogens is 2. The molecule has 176 valence electrons. The summed E-state index contributed by atoms with van der Waals surface area (Å²) in [6.45, 7) is 1.60. The topological polar surface area (TPSA) is 78.3 Å². The highest BCUT2D eigenvalue weighted by atomic mass is 19.3. The van der Waals surface area contributed by atoms with Gasteiger partial charge in [0.1, 0.15) is 11.9 Å². The van der Waals surface area contributed by atoms with Crippen LogP contribution in [0.4, 0.5) is 22.0 Å². The van der Waals surface area contributed by atoms with Gasteiger partial charge in [0.15, 0.2) is 0 Å². The van der Waals surface area contributed by atoms with Crippen molar-refractivity contribution in [3.05, 3.63) is 37.9 Å². The van der Waals surface area contributed by atoms with Gasteiger partial charge in [0.05, 0.1) is 17.2 Å². The Morgan fingerprint density at radius 2 is 1.84 bits per heavy atom. The van der Waals surface area contributed by atoms with Gasteiger partial charge in [-0.15, -0.1) is 0 Å². The fourth-order valence-electron chi connectivity index (χ4n) is 5.84. The quantitative estimate of drug-likeness (QED) is 0.679. The molecule has 1 saturated heterocycles. The number of alkyl halides is 4. The first-order valence-electron chi connectivity index (χ1n) is 10.9. The minimum atomic E-state index is -3.30. The second-order valence-corrected chi connectivity index (χ2v) is 9.54. The number of aliphatic hydroxyl groups excluding tert-OH is 1. The van der Waals surface area contributed by atoms with Crippen LogP contribution >= 0.6 is 0 Å². The number of rotatable bonds is 3. The van der Waals surface area contributed by atoms with Crippen molar-refractivity contribution in [2.24, 2.45) is 11.8 Å². The summed E-state index contributed by atoms with van der Waals surface area (Å²) in [4.78, 5) is 29.5. The van der Waals surface area contributed by atoms with E-state index in [4.69, 9.17) is 0 Å². The Kier molecular flexibility index (Phi) is 4.94. The number of halogens is 5. The zero-order chi connectivity index (χ0) is 23.1. The van der Waals surface area contributed by atoms with E-state index in [2.05, 4.69) is 4.98 Å². The first-order valence-corrected chi connectivity index (χ1v) is 10.9. The molecule has 3 aliphatic carbocycles. The summed E-state index contributed by atoms with van der Waals surface area (Å²) in [5, 5.41) is 10.1. The predicted octanol–water partition coefficient (Wildman–Crippen LogP) is 2.64. The molecule has 0 aromatic carbocycles. The number of nitrogens with zero attached hydrogens (tertiary/aromatic N) is 2. The molecule has 32 heavy (non-hydrogen) atoms. The predicted molar refractivity (Wildman–Crippen MR) is 105 cm³/mol. The third-order valence-corrected chi connectivity index (χ3v) is 7.61. The van der Waals surface area contributed by atoms with E-state index in [9.17, 15) is 32.3 Å². The largest absolute Gasteiger partial charge is 0.387 e. The molecule has 0 spiro atoms. The lowest BCUT2D eigenvalue weighted by atomic mass is 9.77. The fraction of sp³-hybridized carbons (Fsp3) is 0.714. The molecular formula is C21H24F5N3O3. The molecule has 5 rings (SSSR count). The van der Waals surface area contributed by atoms with E-state index < -0.39 is 71.0 Å². The van der Waals surface area contributed by atoms with Gasteiger partial charge in [-0.3, -0.25) is 14.3 Å². The van der Waals surface area contributed by atoms with E-state index in [1.165, 1.54) is 11.8 Å². The standard InChI is InChI=1S/C21H24F5N3O3/c1-8-15-13(19(31)29(10-2-3-10)20(32)27-15)12(18(23)24)14(22)16(8)28-6-9-4-5-21(25,26)17(30)11(9)7-28/h8-11,16-18,30H,2-7H2,1H3,(H,27,32). The maximum atomic E-state index is 15.6. The molecule has 1 aliphatic heterocycles. The number of aliphatic hydroxyl groups is 1. The van der Waals surface area contributed by atoms with Crippen molar-refractivity contribution < 1.29 is 27.1 Å². The van der Waals surface area contributed by atoms with E-state index in [-0.39, 0.29) is 37.2 Å². The Hall–Kier alpha value is -2.01. The summed E-state index contributed by atoms with van der Waals surface area (Å²) in [6.07, 6.45) is -4.39. The Morgan fingerprint density at radius 3 is 2.47 bits per heavy atom. The number of fused-ring (bicyclic) bond motifs is 2. The summed E-state index contributed by atoms with van der Waals surface area (Å²) >= 11 is 0. The van der Waals surface area contributed by atoms with E-state index in [0.717, 1.165) is 4.57 Å². The highest BCUT2D eigenvalue weighted by Gasteiger charge is 2.55. The van der Waals surface area contributed by atoms with Crippen molar-refractivity contribution in [2.75, 3.05) is 13.1 Å². The van der Waals surface area contributed by atoms with Gasteiger partial charge in [-0.2, -0.15) is 0 Å². The van der Waals surface area contributed by atoms with Crippen LogP contribution < -0.4 is 11.2 Å². The van der Waals surface area contributed by atoms with Crippen molar-refractivity contribution >= 4 is 5.57 Å². The number of hydrogen-bond acceptors (Lipinski definition) is 4. The van der Waals surface area contributed by atoms with Crippen LogP contribution in [-0.4, -0.2) is 57.1 Å². The van der Waals surface area contributed by atoms with Crippen LogP contribution in [0.5, 0.6) is 0 Å². The van der Waals surface area contributed by atoms with Gasteiger partial charge in [-0.05, 0) is 25.2 Å². The monoisotopic (exact) mass is 461 g/mol. The zero-order valence-corrected chi connectivity index (χ0v) is 17.3. The molecule has 2 N–H and O–H groups in total. The van der Waals surface area contributed by atoms with Gasteiger partial charge in [0.25, 0.3) is 17.9 Å². The van der Waals surface area contributed by atoms with Crippen LogP contribution in [0.25, 0.3) is 5.57 Å². The van der Waals surface area contributed by atoms with Crippen LogP contribution in [0, 0.1) is 11.8 Å². The van der Waals surface area contributed by atoms with Gasteiger partial charge in [0.2, 0.25) is 0 Å². The highest BCUT2D eigenvalue weighted by molar-refractivity contribution is 5.74. The fourth-order valence-corrected chi connectivity index (χ4v) is 5.84. The van der Waals surface area contributed by atoms with Gasteiger partial charge >= 0.3 is 5.69 Å². The Balaban J connectivity index is 1.58. The van der Waals surface area contributed by atoms with E-state index >= 15 is 4.39 Å². The SMILES string of the molecule is CC1c2[nH]c(=O)n(C3CC3)c(=O)c2C(C(F)F)=C(F)C1N1CC2CCC(F)(F)C(O)C2C1. The number of H-pyrrole nitrogens is 1. The van der Waals surface area contributed by atoms with Crippen LogP contribution in [0.1, 0.15) is 55.8 Å². The van der Waals surface area contributed by atoms with Gasteiger partial charge in [-0.25, -0.2) is 26.7 Å². The molecule has 5 atom stereocenters. The van der Waals surface area contributed by atoms with E-state index in [1.54, 1.807) is 0 Å². The first kappa shape index (κ1) is 21.8. The highest BCUT2D eigenvalue weighted by Crippen LogP contribution is 2.48. The Labute approximate surface area is 179 Å². The smallest absolute Gasteiger partial charge is 0.328 e. The maximum absolute atomic E-state index is 15.6. The molecule has 3 fully saturated rings. The molecule has 5 unspecified atom stereocenters.